The van der Waals surface area contributed by atoms with Crippen molar-refractivity contribution >= 4 is 35.8 Å². The number of benzene rings is 4. The van der Waals surface area contributed by atoms with Crippen LogP contribution in [0.3, 0.4) is 0 Å². The number of aromatic hydroxyl groups is 6. The first-order chi connectivity index (χ1) is 27.8. The number of aliphatic carboxylic acids is 1. The third kappa shape index (κ3) is 6.98. The van der Waals surface area contributed by atoms with E-state index in [0.717, 1.165) is 60.7 Å². The highest BCUT2D eigenvalue weighted by Gasteiger charge is 2.71. The number of hydrogen-bond donors (Lipinski definition) is 10. The van der Waals surface area contributed by atoms with Crippen LogP contribution in [0, 0.1) is 0 Å². The van der Waals surface area contributed by atoms with Gasteiger partial charge in [0.25, 0.3) is 5.78 Å². The Hall–Kier alpha value is -7.48. The molecule has 306 valence electrons. The monoisotopic (exact) mass is 816 g/mol. The molecule has 2 unspecified atom stereocenters. The summed E-state index contributed by atoms with van der Waals surface area (Å²) in [5.74, 6) is -15.6. The van der Waals surface area contributed by atoms with E-state index in [9.17, 15) is 70.2 Å². The molecule has 4 aromatic rings. The number of aliphatic hydroxyl groups is 3. The zero-order valence-corrected chi connectivity index (χ0v) is 30.0. The van der Waals surface area contributed by atoms with E-state index >= 15 is 0 Å². The number of hydrogen-bond acceptors (Lipinski definition) is 18. The van der Waals surface area contributed by atoms with E-state index in [4.69, 9.17) is 23.7 Å². The first kappa shape index (κ1) is 39.7. The number of esters is 2. The Bertz CT molecular complexity index is 2480. The van der Waals surface area contributed by atoms with Gasteiger partial charge in [-0.15, -0.1) is 0 Å². The van der Waals surface area contributed by atoms with Gasteiger partial charge in [0.05, 0.1) is 6.10 Å². The van der Waals surface area contributed by atoms with Crippen LogP contribution in [-0.4, -0.2) is 104 Å². The van der Waals surface area contributed by atoms with Crippen molar-refractivity contribution in [3.63, 3.8) is 0 Å². The molecule has 4 aromatic carbocycles. The lowest BCUT2D eigenvalue weighted by Gasteiger charge is -2.50. The molecule has 19 nitrogen and oxygen atoms in total. The zero-order chi connectivity index (χ0) is 42.6. The molecule has 0 bridgehead atoms. The molecule has 1 fully saturated rings. The molecule has 6 atom stereocenters. The van der Waals surface area contributed by atoms with Gasteiger partial charge in [-0.1, -0.05) is 12.1 Å². The van der Waals surface area contributed by atoms with Gasteiger partial charge in [-0.3, -0.25) is 4.79 Å². The van der Waals surface area contributed by atoms with Crippen LogP contribution < -0.4 is 14.2 Å². The van der Waals surface area contributed by atoms with E-state index in [-0.39, 0.29) is 28.2 Å². The molecule has 0 radical (unpaired) electrons. The van der Waals surface area contributed by atoms with Crippen molar-refractivity contribution in [2.75, 3.05) is 0 Å². The second kappa shape index (κ2) is 14.5. The van der Waals surface area contributed by atoms with Crippen molar-refractivity contribution in [2.45, 2.75) is 48.3 Å². The van der Waals surface area contributed by atoms with Crippen LogP contribution in [0.2, 0.25) is 0 Å². The number of carboxylic acids is 1. The van der Waals surface area contributed by atoms with Crippen LogP contribution in [-0.2, 0) is 29.6 Å². The van der Waals surface area contributed by atoms with Gasteiger partial charge < -0.3 is 74.7 Å². The number of Topliss-reactive ketones (excluding diaryl/α,β-unsaturated/α-hetero) is 1. The third-order valence-electron chi connectivity index (χ3n) is 9.76. The summed E-state index contributed by atoms with van der Waals surface area (Å²) in [5.41, 5.74) is -2.91. The van der Waals surface area contributed by atoms with Crippen molar-refractivity contribution in [1.29, 1.82) is 0 Å². The minimum Gasteiger partial charge on any atom is -0.508 e. The predicted molar refractivity (Wildman–Crippen MR) is 194 cm³/mol. The second-order valence-electron chi connectivity index (χ2n) is 13.7. The highest BCUT2D eigenvalue weighted by atomic mass is 16.8. The topological polar surface area (TPSA) is 317 Å². The summed E-state index contributed by atoms with van der Waals surface area (Å²) in [4.78, 5) is 52.0. The molecule has 59 heavy (non-hydrogen) atoms. The van der Waals surface area contributed by atoms with Crippen LogP contribution in [0.15, 0.2) is 78.9 Å². The number of carbonyl (C=O) groups excluding carboxylic acids is 3. The second-order valence-corrected chi connectivity index (χ2v) is 13.7. The standard InChI is InChI=1S/C40H32O19/c41-21-14-26(46)34-30(15-21)58-40(20-5-7-23(43)25(45)13-20)39(54,36(34)51)56-28-8-2-19(12-29(28)57-40)3-9-32(48)55-31-17-38(37(52)53,16-27(47)35(31)50)59-33(49)10-4-18-1-6-22(42)24(44)11-18/h1-15,27,31,35,41-47,50,54H,16-17H2,(H,52,53)/t27-,31-,35+,38-,39?,40?/m1/s1. The number of aliphatic hydroxyl groups excluding tert-OH is 2. The first-order valence-electron chi connectivity index (χ1n) is 17.3. The lowest BCUT2D eigenvalue weighted by atomic mass is 9.79. The fourth-order valence-corrected chi connectivity index (χ4v) is 6.83. The number of rotatable bonds is 8. The number of ketones is 1. The smallest absolute Gasteiger partial charge is 0.357 e. The normalized spacial score (nSPS) is 25.7. The van der Waals surface area contributed by atoms with Gasteiger partial charge in [0.15, 0.2) is 34.5 Å². The van der Waals surface area contributed by atoms with Gasteiger partial charge in [0, 0.05) is 42.7 Å². The van der Waals surface area contributed by atoms with E-state index < -0.39 is 118 Å². The summed E-state index contributed by atoms with van der Waals surface area (Å²) >= 11 is 0. The van der Waals surface area contributed by atoms with Crippen LogP contribution in [0.5, 0.6) is 51.7 Å². The Morgan fingerprint density at radius 3 is 1.98 bits per heavy atom. The van der Waals surface area contributed by atoms with E-state index in [0.29, 0.717) is 0 Å². The van der Waals surface area contributed by atoms with Crippen molar-refractivity contribution < 1.29 is 93.9 Å². The molecule has 0 saturated heterocycles. The molecular weight excluding hydrogens is 784 g/mol. The van der Waals surface area contributed by atoms with Gasteiger partial charge >= 0.3 is 29.5 Å². The maximum atomic E-state index is 13.9. The minimum atomic E-state index is -3.11. The molecule has 7 rings (SSSR count). The van der Waals surface area contributed by atoms with Crippen LogP contribution in [0.25, 0.3) is 12.2 Å². The van der Waals surface area contributed by atoms with Crippen LogP contribution in [0.1, 0.15) is 39.9 Å². The summed E-state index contributed by atoms with van der Waals surface area (Å²) in [5, 5.41) is 103. The van der Waals surface area contributed by atoms with Crippen molar-refractivity contribution in [3.05, 3.63) is 101 Å². The highest BCUT2D eigenvalue weighted by Crippen LogP contribution is 2.55. The van der Waals surface area contributed by atoms with E-state index in [1.54, 1.807) is 0 Å². The van der Waals surface area contributed by atoms with Gasteiger partial charge in [0.1, 0.15) is 35.0 Å². The molecule has 2 heterocycles. The average molecular weight is 817 g/mol. The SMILES string of the molecule is O=C(C=Cc1ccc2c(c1)OC1(c3ccc(O)c(O)c3)Oc3cc(O)cc(O)c3C(=O)C1(O)O2)O[C@@H]1C[C@@](OC(=O)C=Cc2ccc(O)c(O)c2)(C(=O)O)C[C@@H](O)[C@@H]1O. The highest BCUT2D eigenvalue weighted by molar-refractivity contribution is 6.08. The van der Waals surface area contributed by atoms with Crippen molar-refractivity contribution in [1.82, 2.24) is 0 Å². The zero-order valence-electron chi connectivity index (χ0n) is 30.0. The number of carboxylic acid groups (broad SMARTS) is 1. The average Bonchev–Trinajstić information content (AvgIpc) is 3.17. The number of ether oxygens (including phenoxy) is 5. The number of phenolic OH excluding ortho intramolecular Hbond substituents is 6. The Kier molecular flexibility index (Phi) is 9.75. The quantitative estimate of drug-likeness (QED) is 0.0691. The summed E-state index contributed by atoms with van der Waals surface area (Å²) in [7, 11) is 0. The van der Waals surface area contributed by atoms with Gasteiger partial charge in [-0.2, -0.15) is 0 Å². The molecule has 2 aliphatic heterocycles. The molecule has 1 aliphatic carbocycles. The van der Waals surface area contributed by atoms with E-state index in [1.807, 2.05) is 0 Å². The van der Waals surface area contributed by atoms with Crippen molar-refractivity contribution in [3.8, 4) is 51.7 Å². The summed E-state index contributed by atoms with van der Waals surface area (Å²) in [6, 6.07) is 12.3. The molecular formula is C40H32O19. The molecule has 19 heteroatoms. The summed E-state index contributed by atoms with van der Waals surface area (Å²) in [6.45, 7) is 0. The molecule has 1 saturated carbocycles. The number of phenols is 6. The maximum absolute atomic E-state index is 13.9. The van der Waals surface area contributed by atoms with Gasteiger partial charge in [0.2, 0.25) is 5.60 Å². The van der Waals surface area contributed by atoms with Crippen molar-refractivity contribution in [2.24, 2.45) is 0 Å². The first-order valence-corrected chi connectivity index (χ1v) is 17.3. The van der Waals surface area contributed by atoms with E-state index in [2.05, 4.69) is 0 Å². The Morgan fingerprint density at radius 2 is 1.31 bits per heavy atom. The number of carbonyl (C=O) groups is 4. The molecule has 0 aromatic heterocycles. The van der Waals surface area contributed by atoms with Crippen LogP contribution in [0.4, 0.5) is 0 Å². The minimum absolute atomic E-state index is 0.169. The third-order valence-corrected chi connectivity index (χ3v) is 9.76. The summed E-state index contributed by atoms with van der Waals surface area (Å²) < 4.78 is 28.4. The lowest BCUT2D eigenvalue weighted by Crippen LogP contribution is -2.70. The molecule has 0 amide bonds. The Balaban J connectivity index is 1.12. The maximum Gasteiger partial charge on any atom is 0.357 e. The molecule has 3 aliphatic rings. The predicted octanol–water partition coefficient (Wildman–Crippen LogP) is 2.03. The largest absolute Gasteiger partial charge is 0.508 e. The Labute approximate surface area is 330 Å². The van der Waals surface area contributed by atoms with Crippen LogP contribution >= 0.6 is 0 Å². The van der Waals surface area contributed by atoms with Gasteiger partial charge in [-0.25, -0.2) is 14.4 Å². The Morgan fingerprint density at radius 1 is 0.678 bits per heavy atom. The fourth-order valence-electron chi connectivity index (χ4n) is 6.83. The lowest BCUT2D eigenvalue weighted by molar-refractivity contribution is -0.316. The van der Waals surface area contributed by atoms with Gasteiger partial charge in [-0.05, 0) is 65.7 Å². The summed E-state index contributed by atoms with van der Waals surface area (Å²) in [6.07, 6.45) is -2.88. The van der Waals surface area contributed by atoms with E-state index in [1.165, 1.54) is 30.3 Å². The molecule has 10 N–H and O–H groups in total. The molecule has 0 spiro atoms. The fraction of sp³-hybridized carbons (Fsp3) is 0.200. The number of fused-ring (bicyclic) bond motifs is 3.